The summed E-state index contributed by atoms with van der Waals surface area (Å²) in [7, 11) is 0. The number of fused-ring (bicyclic) bond motifs is 1. The summed E-state index contributed by atoms with van der Waals surface area (Å²) in [5, 5.41) is 1.12. The van der Waals surface area contributed by atoms with E-state index in [1.54, 1.807) is 0 Å². The fourth-order valence-electron chi connectivity index (χ4n) is 2.29. The Morgan fingerprint density at radius 3 is 2.45 bits per heavy atom. The summed E-state index contributed by atoms with van der Waals surface area (Å²) in [5.41, 5.74) is 6.95. The molecule has 0 radical (unpaired) electrons. The summed E-state index contributed by atoms with van der Waals surface area (Å²) >= 11 is 0. The number of nitrogens with zero attached hydrogens (tertiary/aromatic N) is 1. The zero-order chi connectivity index (χ0) is 13.2. The minimum absolute atomic E-state index is 0. The zero-order valence-corrected chi connectivity index (χ0v) is 11.9. The number of nitrogen functional groups attached to an aromatic ring is 1. The van der Waals surface area contributed by atoms with Gasteiger partial charge in [0.1, 0.15) is 5.82 Å². The summed E-state index contributed by atoms with van der Waals surface area (Å²) < 4.78 is 0. The van der Waals surface area contributed by atoms with E-state index < -0.39 is 0 Å². The monoisotopic (exact) mass is 285 g/mol. The number of aromatic nitrogens is 1. The van der Waals surface area contributed by atoms with Crippen molar-refractivity contribution in [1.29, 1.82) is 0 Å². The second kappa shape index (κ2) is 5.90. The molecule has 2 aromatic carbocycles. The van der Waals surface area contributed by atoms with Crippen molar-refractivity contribution >= 4 is 29.1 Å². The Labute approximate surface area is 124 Å². The number of pyridine rings is 1. The van der Waals surface area contributed by atoms with Gasteiger partial charge in [0, 0.05) is 10.9 Å². The van der Waals surface area contributed by atoms with Crippen molar-refractivity contribution in [3.63, 3.8) is 0 Å². The van der Waals surface area contributed by atoms with Gasteiger partial charge >= 0.3 is 0 Å². The van der Waals surface area contributed by atoms with Crippen molar-refractivity contribution in [3.05, 3.63) is 60.2 Å². The second-order valence-electron chi connectivity index (χ2n) is 4.54. The van der Waals surface area contributed by atoms with E-state index in [9.17, 15) is 0 Å². The van der Waals surface area contributed by atoms with Crippen molar-refractivity contribution in [2.75, 3.05) is 5.43 Å². The van der Waals surface area contributed by atoms with Gasteiger partial charge in [-0.15, -0.1) is 12.4 Å². The second-order valence-corrected chi connectivity index (χ2v) is 4.54. The molecule has 0 saturated carbocycles. The quantitative estimate of drug-likeness (QED) is 0.554. The third kappa shape index (κ3) is 2.46. The van der Waals surface area contributed by atoms with Crippen LogP contribution in [0.5, 0.6) is 0 Å². The number of benzene rings is 2. The van der Waals surface area contributed by atoms with Gasteiger partial charge in [-0.2, -0.15) is 0 Å². The van der Waals surface area contributed by atoms with E-state index in [1.807, 2.05) is 24.3 Å². The first-order chi connectivity index (χ1) is 9.29. The molecule has 0 amide bonds. The van der Waals surface area contributed by atoms with Crippen LogP contribution in [-0.2, 0) is 0 Å². The molecule has 0 aliphatic carbocycles. The highest BCUT2D eigenvalue weighted by Gasteiger charge is 2.08. The minimum atomic E-state index is 0. The third-order valence-electron chi connectivity index (χ3n) is 3.27. The standard InChI is InChI=1S/C16H15N3.ClH/c1-11-6-5-9-13-10-14(12-7-3-2-4-8-12)16(19-17)18-15(11)13;/h2-10H,17H2,1H3,(H,18,19);1H. The molecule has 0 atom stereocenters. The molecule has 4 heteroatoms. The van der Waals surface area contributed by atoms with Gasteiger partial charge in [-0.25, -0.2) is 10.8 Å². The summed E-state index contributed by atoms with van der Waals surface area (Å²) in [4.78, 5) is 4.63. The van der Waals surface area contributed by atoms with Crippen molar-refractivity contribution in [2.45, 2.75) is 6.92 Å². The van der Waals surface area contributed by atoms with Crippen molar-refractivity contribution in [1.82, 2.24) is 4.98 Å². The fourth-order valence-corrected chi connectivity index (χ4v) is 2.29. The van der Waals surface area contributed by atoms with E-state index in [0.29, 0.717) is 5.82 Å². The topological polar surface area (TPSA) is 50.9 Å². The lowest BCUT2D eigenvalue weighted by Gasteiger charge is -2.11. The van der Waals surface area contributed by atoms with Gasteiger partial charge in [-0.1, -0.05) is 48.5 Å². The molecule has 1 heterocycles. The van der Waals surface area contributed by atoms with Crippen LogP contribution in [0.1, 0.15) is 5.56 Å². The minimum Gasteiger partial charge on any atom is -0.308 e. The maximum absolute atomic E-state index is 5.62. The van der Waals surface area contributed by atoms with Crippen molar-refractivity contribution in [3.8, 4) is 11.1 Å². The number of hydrazine groups is 1. The number of rotatable bonds is 2. The number of anilines is 1. The molecule has 0 bridgehead atoms. The third-order valence-corrected chi connectivity index (χ3v) is 3.27. The van der Waals surface area contributed by atoms with E-state index in [1.165, 1.54) is 0 Å². The van der Waals surface area contributed by atoms with Crippen LogP contribution in [-0.4, -0.2) is 4.98 Å². The van der Waals surface area contributed by atoms with Gasteiger partial charge < -0.3 is 5.43 Å². The molecular formula is C16H16ClN3. The summed E-state index contributed by atoms with van der Waals surface area (Å²) in [6, 6.07) is 18.4. The molecule has 0 unspecified atom stereocenters. The van der Waals surface area contributed by atoms with Crippen molar-refractivity contribution < 1.29 is 0 Å². The van der Waals surface area contributed by atoms with Gasteiger partial charge in [0.05, 0.1) is 5.52 Å². The number of aryl methyl sites for hydroxylation is 1. The van der Waals surface area contributed by atoms with E-state index in [-0.39, 0.29) is 12.4 Å². The highest BCUT2D eigenvalue weighted by atomic mass is 35.5. The summed E-state index contributed by atoms with van der Waals surface area (Å²) in [6.07, 6.45) is 0. The Bertz CT molecular complexity index is 726. The molecule has 3 nitrogen and oxygen atoms in total. The molecule has 3 rings (SSSR count). The van der Waals surface area contributed by atoms with Crippen LogP contribution in [0.3, 0.4) is 0 Å². The Hall–Kier alpha value is -2.10. The Kier molecular flexibility index (Phi) is 4.23. The predicted octanol–water partition coefficient (Wildman–Crippen LogP) is 3.92. The predicted molar refractivity (Wildman–Crippen MR) is 87.0 cm³/mol. The van der Waals surface area contributed by atoms with E-state index in [2.05, 4.69) is 47.7 Å². The lowest BCUT2D eigenvalue weighted by Crippen LogP contribution is -2.10. The molecule has 0 aliphatic heterocycles. The van der Waals surface area contributed by atoms with Crippen molar-refractivity contribution in [2.24, 2.45) is 5.84 Å². The highest BCUT2D eigenvalue weighted by molar-refractivity contribution is 5.90. The number of hydrogen-bond donors (Lipinski definition) is 2. The molecule has 3 aromatic rings. The molecule has 3 N–H and O–H groups in total. The van der Waals surface area contributed by atoms with E-state index in [4.69, 9.17) is 5.84 Å². The number of halogens is 1. The van der Waals surface area contributed by atoms with E-state index >= 15 is 0 Å². The first-order valence-corrected chi connectivity index (χ1v) is 6.22. The molecule has 0 aliphatic rings. The number of para-hydroxylation sites is 1. The molecular weight excluding hydrogens is 270 g/mol. The van der Waals surface area contributed by atoms with Crippen LogP contribution in [0, 0.1) is 6.92 Å². The average molecular weight is 286 g/mol. The van der Waals surface area contributed by atoms with Gasteiger partial charge in [0.25, 0.3) is 0 Å². The molecule has 0 saturated heterocycles. The molecule has 0 spiro atoms. The first-order valence-electron chi connectivity index (χ1n) is 6.22. The van der Waals surface area contributed by atoms with Crippen LogP contribution in [0.15, 0.2) is 54.6 Å². The van der Waals surface area contributed by atoms with Crippen LogP contribution < -0.4 is 11.3 Å². The van der Waals surface area contributed by atoms with Crippen LogP contribution in [0.25, 0.3) is 22.0 Å². The Balaban J connectivity index is 0.00000147. The summed E-state index contributed by atoms with van der Waals surface area (Å²) in [5.74, 6) is 6.32. The normalized spacial score (nSPS) is 10.1. The lowest BCUT2D eigenvalue weighted by molar-refractivity contribution is 1.25. The molecule has 0 fully saturated rings. The maximum Gasteiger partial charge on any atom is 0.148 e. The molecule has 20 heavy (non-hydrogen) atoms. The van der Waals surface area contributed by atoms with E-state index in [0.717, 1.165) is 27.6 Å². The lowest BCUT2D eigenvalue weighted by atomic mass is 10.0. The molecule has 1 aromatic heterocycles. The summed E-state index contributed by atoms with van der Waals surface area (Å²) in [6.45, 7) is 2.05. The smallest absolute Gasteiger partial charge is 0.148 e. The van der Waals surface area contributed by atoms with Gasteiger partial charge in [0.15, 0.2) is 0 Å². The van der Waals surface area contributed by atoms with Crippen LogP contribution in [0.2, 0.25) is 0 Å². The van der Waals surface area contributed by atoms with Gasteiger partial charge in [-0.3, -0.25) is 0 Å². The van der Waals surface area contributed by atoms with Gasteiger partial charge in [0.2, 0.25) is 0 Å². The Morgan fingerprint density at radius 2 is 1.75 bits per heavy atom. The van der Waals surface area contributed by atoms with Crippen LogP contribution >= 0.6 is 12.4 Å². The zero-order valence-electron chi connectivity index (χ0n) is 11.1. The fraction of sp³-hybridized carbons (Fsp3) is 0.0625. The SMILES string of the molecule is Cc1cccc2cc(-c3ccccc3)c(NN)nc12.Cl. The van der Waals surface area contributed by atoms with Gasteiger partial charge in [-0.05, 0) is 24.1 Å². The average Bonchev–Trinajstić information content (AvgIpc) is 2.47. The first kappa shape index (κ1) is 14.3. The number of nitrogens with two attached hydrogens (primary N) is 1. The van der Waals surface area contributed by atoms with Crippen LogP contribution in [0.4, 0.5) is 5.82 Å². The largest absolute Gasteiger partial charge is 0.308 e. The highest BCUT2D eigenvalue weighted by Crippen LogP contribution is 2.30. The maximum atomic E-state index is 5.62. The Morgan fingerprint density at radius 1 is 1.00 bits per heavy atom. The molecule has 102 valence electrons. The number of hydrogen-bond acceptors (Lipinski definition) is 3. The number of nitrogens with one attached hydrogen (secondary N) is 1.